The molecule has 0 radical (unpaired) electrons. The molecule has 1 atom stereocenters. The number of aromatic amines is 1. The van der Waals surface area contributed by atoms with E-state index in [1.807, 2.05) is 37.4 Å². The van der Waals surface area contributed by atoms with Crippen molar-refractivity contribution in [1.82, 2.24) is 15.0 Å². The summed E-state index contributed by atoms with van der Waals surface area (Å²) in [4.78, 5) is 26.7. The van der Waals surface area contributed by atoms with Gasteiger partial charge >= 0.3 is 0 Å². The SMILES string of the molecule is Cc1c(Cl)cccc1NCC(=O)CC1CCCN(c2ncnc3[nH]ccc23)C1. The molecule has 2 aromatic heterocycles. The first kappa shape index (κ1) is 18.7. The molecule has 1 unspecified atom stereocenters. The second-order valence-corrected chi connectivity index (χ2v) is 7.81. The van der Waals surface area contributed by atoms with Crippen molar-refractivity contribution in [2.45, 2.75) is 26.2 Å². The third kappa shape index (κ3) is 3.97. The van der Waals surface area contributed by atoms with Gasteiger partial charge in [-0.15, -0.1) is 0 Å². The molecule has 0 amide bonds. The molecule has 1 saturated heterocycles. The zero-order valence-electron chi connectivity index (χ0n) is 15.9. The summed E-state index contributed by atoms with van der Waals surface area (Å²) in [6, 6.07) is 7.71. The summed E-state index contributed by atoms with van der Waals surface area (Å²) in [6.45, 7) is 4.09. The van der Waals surface area contributed by atoms with Crippen molar-refractivity contribution in [3.8, 4) is 0 Å². The Balaban J connectivity index is 1.36. The molecule has 6 nitrogen and oxygen atoms in total. The standard InChI is InChI=1S/C21H24ClN5O/c1-14-18(22)5-2-6-19(14)24-11-16(28)10-15-4-3-9-27(12-15)21-17-7-8-23-20(17)25-13-26-21/h2,5-8,13,15,24H,3-4,9-12H2,1H3,(H,23,25,26). The molecule has 2 N–H and O–H groups in total. The number of H-pyrrole nitrogens is 1. The van der Waals surface area contributed by atoms with Gasteiger partial charge in [0.2, 0.25) is 0 Å². The zero-order valence-corrected chi connectivity index (χ0v) is 16.7. The first-order chi connectivity index (χ1) is 13.6. The van der Waals surface area contributed by atoms with Crippen molar-refractivity contribution in [3.63, 3.8) is 0 Å². The molecule has 3 heterocycles. The van der Waals surface area contributed by atoms with E-state index in [-0.39, 0.29) is 5.78 Å². The van der Waals surface area contributed by atoms with Crippen molar-refractivity contribution in [2.24, 2.45) is 5.92 Å². The van der Waals surface area contributed by atoms with Crippen molar-refractivity contribution in [1.29, 1.82) is 0 Å². The first-order valence-corrected chi connectivity index (χ1v) is 10.0. The predicted molar refractivity (Wildman–Crippen MR) is 113 cm³/mol. The Kier molecular flexibility index (Phi) is 5.48. The van der Waals surface area contributed by atoms with Crippen molar-refractivity contribution in [2.75, 3.05) is 29.9 Å². The molecule has 1 fully saturated rings. The highest BCUT2D eigenvalue weighted by Gasteiger charge is 2.24. The third-order valence-electron chi connectivity index (χ3n) is 5.41. The first-order valence-electron chi connectivity index (χ1n) is 9.65. The summed E-state index contributed by atoms with van der Waals surface area (Å²) in [6.07, 6.45) is 6.19. The lowest BCUT2D eigenvalue weighted by Gasteiger charge is -2.33. The van der Waals surface area contributed by atoms with Gasteiger partial charge in [0.05, 0.1) is 11.9 Å². The van der Waals surface area contributed by atoms with Crippen LogP contribution in [0.15, 0.2) is 36.8 Å². The minimum absolute atomic E-state index is 0.223. The van der Waals surface area contributed by atoms with E-state index in [2.05, 4.69) is 25.2 Å². The number of Topliss-reactive ketones (excluding diaryl/α,β-unsaturated/α-hetero) is 1. The number of rotatable bonds is 6. The van der Waals surface area contributed by atoms with E-state index < -0.39 is 0 Å². The molecular weight excluding hydrogens is 374 g/mol. The summed E-state index contributed by atoms with van der Waals surface area (Å²) in [5.41, 5.74) is 2.74. The van der Waals surface area contributed by atoms with Gasteiger partial charge in [0.1, 0.15) is 17.8 Å². The van der Waals surface area contributed by atoms with E-state index in [1.165, 1.54) is 0 Å². The van der Waals surface area contributed by atoms with Crippen LogP contribution in [0.4, 0.5) is 11.5 Å². The van der Waals surface area contributed by atoms with Gasteiger partial charge in [-0.05, 0) is 49.4 Å². The fraction of sp³-hybridized carbons (Fsp3) is 0.381. The van der Waals surface area contributed by atoms with Crippen LogP contribution in [-0.2, 0) is 4.79 Å². The molecule has 4 rings (SSSR count). The van der Waals surface area contributed by atoms with Crippen LogP contribution in [0, 0.1) is 12.8 Å². The number of piperidine rings is 1. The van der Waals surface area contributed by atoms with Crippen LogP contribution in [0.25, 0.3) is 11.0 Å². The molecule has 1 aliphatic heterocycles. The van der Waals surface area contributed by atoms with Gasteiger partial charge in [-0.2, -0.15) is 0 Å². The number of ketones is 1. The largest absolute Gasteiger partial charge is 0.378 e. The second-order valence-electron chi connectivity index (χ2n) is 7.40. The number of hydrogen-bond acceptors (Lipinski definition) is 5. The molecule has 3 aromatic rings. The summed E-state index contributed by atoms with van der Waals surface area (Å²) in [7, 11) is 0. The third-order valence-corrected chi connectivity index (χ3v) is 5.82. The highest BCUT2D eigenvalue weighted by Crippen LogP contribution is 2.28. The number of nitrogens with one attached hydrogen (secondary N) is 2. The van der Waals surface area contributed by atoms with Gasteiger partial charge in [0.15, 0.2) is 5.78 Å². The van der Waals surface area contributed by atoms with Gasteiger partial charge < -0.3 is 15.2 Å². The van der Waals surface area contributed by atoms with Gasteiger partial charge in [0, 0.05) is 36.4 Å². The fourth-order valence-electron chi connectivity index (χ4n) is 3.92. The molecule has 146 valence electrons. The quantitative estimate of drug-likeness (QED) is 0.651. The van der Waals surface area contributed by atoms with Gasteiger partial charge in [-0.3, -0.25) is 4.79 Å². The predicted octanol–water partition coefficient (Wildman–Crippen LogP) is 4.21. The zero-order chi connectivity index (χ0) is 19.5. The molecular formula is C21H24ClN5O. The van der Waals surface area contributed by atoms with Crippen LogP contribution in [0.3, 0.4) is 0 Å². The number of hydrogen-bond donors (Lipinski definition) is 2. The number of carbonyl (C=O) groups is 1. The maximum Gasteiger partial charge on any atom is 0.152 e. The lowest BCUT2D eigenvalue weighted by molar-refractivity contribution is -0.118. The van der Waals surface area contributed by atoms with Crippen molar-refractivity contribution in [3.05, 3.63) is 47.4 Å². The van der Waals surface area contributed by atoms with Crippen LogP contribution >= 0.6 is 11.6 Å². The van der Waals surface area contributed by atoms with E-state index in [0.717, 1.165) is 54.0 Å². The van der Waals surface area contributed by atoms with Crippen LogP contribution in [0.2, 0.25) is 5.02 Å². The summed E-state index contributed by atoms with van der Waals surface area (Å²) < 4.78 is 0. The van der Waals surface area contributed by atoms with E-state index in [9.17, 15) is 4.79 Å². The number of halogens is 1. The average molecular weight is 398 g/mol. The Morgan fingerprint density at radius 1 is 1.36 bits per heavy atom. The summed E-state index contributed by atoms with van der Waals surface area (Å²) >= 11 is 6.15. The smallest absolute Gasteiger partial charge is 0.152 e. The molecule has 0 spiro atoms. The summed E-state index contributed by atoms with van der Waals surface area (Å²) in [5, 5.41) is 4.98. The van der Waals surface area contributed by atoms with Gasteiger partial charge in [-0.1, -0.05) is 17.7 Å². The fourth-order valence-corrected chi connectivity index (χ4v) is 4.10. The average Bonchev–Trinajstić information content (AvgIpc) is 3.18. The second kappa shape index (κ2) is 8.19. The molecule has 28 heavy (non-hydrogen) atoms. The summed E-state index contributed by atoms with van der Waals surface area (Å²) in [5.74, 6) is 1.52. The Hall–Kier alpha value is -2.60. The van der Waals surface area contributed by atoms with Crippen LogP contribution < -0.4 is 10.2 Å². The maximum absolute atomic E-state index is 12.6. The van der Waals surface area contributed by atoms with Crippen LogP contribution in [0.5, 0.6) is 0 Å². The Morgan fingerprint density at radius 3 is 3.14 bits per heavy atom. The molecule has 0 saturated carbocycles. The number of nitrogens with zero attached hydrogens (tertiary/aromatic N) is 3. The van der Waals surface area contributed by atoms with E-state index in [4.69, 9.17) is 11.6 Å². The monoisotopic (exact) mass is 397 g/mol. The topological polar surface area (TPSA) is 73.9 Å². The molecule has 0 bridgehead atoms. The maximum atomic E-state index is 12.6. The molecule has 1 aromatic carbocycles. The Morgan fingerprint density at radius 2 is 2.25 bits per heavy atom. The van der Waals surface area contributed by atoms with Crippen molar-refractivity contribution >= 4 is 39.9 Å². The Bertz CT molecular complexity index is 986. The minimum Gasteiger partial charge on any atom is -0.378 e. The lowest BCUT2D eigenvalue weighted by Crippen LogP contribution is -2.37. The number of fused-ring (bicyclic) bond motifs is 1. The van der Waals surface area contributed by atoms with E-state index in [0.29, 0.717) is 23.9 Å². The van der Waals surface area contributed by atoms with E-state index >= 15 is 0 Å². The number of anilines is 2. The lowest BCUT2D eigenvalue weighted by atomic mass is 9.92. The minimum atomic E-state index is 0.223. The van der Waals surface area contributed by atoms with Crippen LogP contribution in [0.1, 0.15) is 24.8 Å². The number of benzene rings is 1. The highest BCUT2D eigenvalue weighted by molar-refractivity contribution is 6.31. The van der Waals surface area contributed by atoms with E-state index in [1.54, 1.807) is 6.33 Å². The molecule has 1 aliphatic rings. The number of aromatic nitrogens is 3. The number of carbonyl (C=O) groups excluding carboxylic acids is 1. The normalized spacial score (nSPS) is 17.1. The van der Waals surface area contributed by atoms with Gasteiger partial charge in [0.25, 0.3) is 0 Å². The van der Waals surface area contributed by atoms with Crippen LogP contribution in [-0.4, -0.2) is 40.4 Å². The van der Waals surface area contributed by atoms with Crippen molar-refractivity contribution < 1.29 is 4.79 Å². The Labute approximate surface area is 169 Å². The molecule has 0 aliphatic carbocycles. The molecule has 7 heteroatoms. The van der Waals surface area contributed by atoms with Gasteiger partial charge in [-0.25, -0.2) is 9.97 Å². The highest BCUT2D eigenvalue weighted by atomic mass is 35.5.